The van der Waals surface area contributed by atoms with Crippen LogP contribution in [0.3, 0.4) is 0 Å². The van der Waals surface area contributed by atoms with Crippen molar-refractivity contribution in [1.82, 2.24) is 20.1 Å². The van der Waals surface area contributed by atoms with Gasteiger partial charge in [0.15, 0.2) is 5.16 Å². The standard InChI is InChI=1S/C19H24N4O3S/c1-19(2,17(25)26)12-20-15(24)11-27-18-22-21-16(14-8-9-14)23(18)10-13-6-4-3-5-7-13/h3-7,14H,8-12H2,1-2H3,(H,20,24)(H,25,26). The Bertz CT molecular complexity index is 816. The van der Waals surface area contributed by atoms with E-state index in [9.17, 15) is 9.59 Å². The second-order valence-electron chi connectivity index (χ2n) is 7.44. The molecule has 0 saturated heterocycles. The molecule has 0 spiro atoms. The maximum atomic E-state index is 12.1. The molecule has 1 amide bonds. The van der Waals surface area contributed by atoms with Crippen LogP contribution in [-0.4, -0.2) is 44.0 Å². The highest BCUT2D eigenvalue weighted by Crippen LogP contribution is 2.40. The topological polar surface area (TPSA) is 97.1 Å². The van der Waals surface area contributed by atoms with Crippen molar-refractivity contribution in [2.45, 2.75) is 44.3 Å². The summed E-state index contributed by atoms with van der Waals surface area (Å²) < 4.78 is 2.09. The molecular weight excluding hydrogens is 364 g/mol. The third-order valence-electron chi connectivity index (χ3n) is 4.51. The molecule has 1 heterocycles. The fourth-order valence-corrected chi connectivity index (χ4v) is 3.32. The van der Waals surface area contributed by atoms with Gasteiger partial charge in [-0.3, -0.25) is 9.59 Å². The Kier molecular flexibility index (Phi) is 5.84. The minimum absolute atomic E-state index is 0.0890. The average molecular weight is 388 g/mol. The number of carbonyl (C=O) groups excluding carboxylic acids is 1. The van der Waals surface area contributed by atoms with Crippen LogP contribution < -0.4 is 5.32 Å². The molecule has 1 saturated carbocycles. The lowest BCUT2D eigenvalue weighted by molar-refractivity contribution is -0.146. The lowest BCUT2D eigenvalue weighted by Gasteiger charge is -2.19. The number of aromatic nitrogens is 3. The summed E-state index contributed by atoms with van der Waals surface area (Å²) in [6.45, 7) is 3.93. The number of nitrogens with zero attached hydrogens (tertiary/aromatic N) is 3. The van der Waals surface area contributed by atoms with E-state index >= 15 is 0 Å². The highest BCUT2D eigenvalue weighted by atomic mass is 32.2. The van der Waals surface area contributed by atoms with E-state index in [1.165, 1.54) is 11.8 Å². The third-order valence-corrected chi connectivity index (χ3v) is 5.48. The largest absolute Gasteiger partial charge is 0.481 e. The van der Waals surface area contributed by atoms with E-state index in [1.54, 1.807) is 13.8 Å². The van der Waals surface area contributed by atoms with Gasteiger partial charge < -0.3 is 15.0 Å². The van der Waals surface area contributed by atoms with E-state index in [-0.39, 0.29) is 18.2 Å². The van der Waals surface area contributed by atoms with Crippen LogP contribution in [0.4, 0.5) is 0 Å². The molecule has 2 N–H and O–H groups in total. The number of hydrogen-bond donors (Lipinski definition) is 2. The number of amides is 1. The molecule has 1 aliphatic rings. The summed E-state index contributed by atoms with van der Waals surface area (Å²) in [7, 11) is 0. The van der Waals surface area contributed by atoms with Crippen LogP contribution in [-0.2, 0) is 16.1 Å². The van der Waals surface area contributed by atoms with Crippen molar-refractivity contribution < 1.29 is 14.7 Å². The Balaban J connectivity index is 1.63. The summed E-state index contributed by atoms with van der Waals surface area (Å²) in [5, 5.41) is 21.2. The van der Waals surface area contributed by atoms with Crippen LogP contribution >= 0.6 is 11.8 Å². The van der Waals surface area contributed by atoms with E-state index in [0.717, 1.165) is 24.2 Å². The first kappa shape index (κ1) is 19.4. The van der Waals surface area contributed by atoms with Gasteiger partial charge in [0, 0.05) is 12.5 Å². The molecule has 0 aliphatic heterocycles. The maximum Gasteiger partial charge on any atom is 0.310 e. The summed E-state index contributed by atoms with van der Waals surface area (Å²) in [5.74, 6) is 0.464. The molecule has 3 rings (SSSR count). The Morgan fingerprint density at radius 3 is 2.59 bits per heavy atom. The summed E-state index contributed by atoms with van der Waals surface area (Å²) in [6.07, 6.45) is 2.25. The molecule has 7 nitrogen and oxygen atoms in total. The van der Waals surface area contributed by atoms with Crippen LogP contribution in [0.5, 0.6) is 0 Å². The van der Waals surface area contributed by atoms with Gasteiger partial charge in [0.25, 0.3) is 0 Å². The molecule has 0 bridgehead atoms. The second kappa shape index (κ2) is 8.12. The molecule has 1 fully saturated rings. The first-order valence-corrected chi connectivity index (χ1v) is 9.95. The molecule has 1 aromatic carbocycles. The first-order valence-electron chi connectivity index (χ1n) is 8.97. The average Bonchev–Trinajstić information content (AvgIpc) is 3.41. The smallest absolute Gasteiger partial charge is 0.310 e. The van der Waals surface area contributed by atoms with Gasteiger partial charge in [-0.15, -0.1) is 10.2 Å². The predicted molar refractivity (Wildman–Crippen MR) is 103 cm³/mol. The molecule has 0 unspecified atom stereocenters. The molecule has 1 aromatic heterocycles. The Hall–Kier alpha value is -2.35. The maximum absolute atomic E-state index is 12.1. The van der Waals surface area contributed by atoms with Gasteiger partial charge in [-0.25, -0.2) is 0 Å². The molecule has 144 valence electrons. The molecule has 8 heteroatoms. The zero-order valence-corrected chi connectivity index (χ0v) is 16.3. The quantitative estimate of drug-likeness (QED) is 0.641. The number of nitrogens with one attached hydrogen (secondary N) is 1. The van der Waals surface area contributed by atoms with Gasteiger partial charge in [-0.2, -0.15) is 0 Å². The minimum Gasteiger partial charge on any atom is -0.481 e. The fraction of sp³-hybridized carbons (Fsp3) is 0.474. The highest BCUT2D eigenvalue weighted by molar-refractivity contribution is 7.99. The van der Waals surface area contributed by atoms with Crippen molar-refractivity contribution >= 4 is 23.6 Å². The van der Waals surface area contributed by atoms with Crippen molar-refractivity contribution in [3.05, 3.63) is 41.7 Å². The van der Waals surface area contributed by atoms with Crippen LogP contribution in [0, 0.1) is 5.41 Å². The third kappa shape index (κ3) is 5.09. The fourth-order valence-electron chi connectivity index (χ4n) is 2.54. The van der Waals surface area contributed by atoms with Crippen LogP contribution in [0.15, 0.2) is 35.5 Å². The van der Waals surface area contributed by atoms with Gasteiger partial charge in [-0.05, 0) is 32.3 Å². The zero-order chi connectivity index (χ0) is 19.4. The van der Waals surface area contributed by atoms with Crippen LogP contribution in [0.25, 0.3) is 0 Å². The summed E-state index contributed by atoms with van der Waals surface area (Å²) in [5.41, 5.74) is 0.168. The number of carboxylic acid groups (broad SMARTS) is 1. The minimum atomic E-state index is -0.993. The molecule has 2 aromatic rings. The summed E-state index contributed by atoms with van der Waals surface area (Å²) in [4.78, 5) is 23.3. The van der Waals surface area contributed by atoms with Gasteiger partial charge in [0.05, 0.1) is 17.7 Å². The first-order chi connectivity index (χ1) is 12.9. The number of carbonyl (C=O) groups is 2. The predicted octanol–water partition coefficient (Wildman–Crippen LogP) is 2.52. The van der Waals surface area contributed by atoms with Crippen molar-refractivity contribution in [2.24, 2.45) is 5.41 Å². The SMILES string of the molecule is CC(C)(CNC(=O)CSc1nnc(C2CC2)n1Cc1ccccc1)C(=O)O. The number of hydrogen-bond acceptors (Lipinski definition) is 5. The number of rotatable bonds is 9. The van der Waals surface area contributed by atoms with E-state index in [2.05, 4.69) is 32.2 Å². The van der Waals surface area contributed by atoms with Crippen molar-refractivity contribution in [2.75, 3.05) is 12.3 Å². The van der Waals surface area contributed by atoms with E-state index < -0.39 is 11.4 Å². The Morgan fingerprint density at radius 1 is 1.26 bits per heavy atom. The highest BCUT2D eigenvalue weighted by Gasteiger charge is 2.31. The molecule has 0 radical (unpaired) electrons. The van der Waals surface area contributed by atoms with Gasteiger partial charge in [0.1, 0.15) is 5.82 Å². The van der Waals surface area contributed by atoms with Crippen LogP contribution in [0.1, 0.15) is 44.0 Å². The van der Waals surface area contributed by atoms with Crippen molar-refractivity contribution in [1.29, 1.82) is 0 Å². The molecule has 1 aliphatic carbocycles. The van der Waals surface area contributed by atoms with Gasteiger partial charge >= 0.3 is 5.97 Å². The van der Waals surface area contributed by atoms with Crippen LogP contribution in [0.2, 0.25) is 0 Å². The van der Waals surface area contributed by atoms with Crippen molar-refractivity contribution in [3.8, 4) is 0 Å². The summed E-state index contributed by atoms with van der Waals surface area (Å²) in [6, 6.07) is 10.1. The van der Waals surface area contributed by atoms with E-state index in [0.29, 0.717) is 17.6 Å². The normalized spacial score (nSPS) is 14.1. The van der Waals surface area contributed by atoms with E-state index in [4.69, 9.17) is 5.11 Å². The molecular formula is C19H24N4O3S. The number of benzene rings is 1. The lowest BCUT2D eigenvalue weighted by atomic mass is 9.94. The van der Waals surface area contributed by atoms with E-state index in [1.807, 2.05) is 18.2 Å². The second-order valence-corrected chi connectivity index (χ2v) is 8.38. The number of aliphatic carboxylic acids is 1. The zero-order valence-electron chi connectivity index (χ0n) is 15.5. The lowest BCUT2D eigenvalue weighted by Crippen LogP contribution is -2.39. The number of carboxylic acids is 1. The number of thioether (sulfide) groups is 1. The Morgan fingerprint density at radius 2 is 1.96 bits per heavy atom. The molecule has 27 heavy (non-hydrogen) atoms. The molecule has 0 atom stereocenters. The van der Waals surface area contributed by atoms with Gasteiger partial charge in [0.2, 0.25) is 5.91 Å². The summed E-state index contributed by atoms with van der Waals surface area (Å²) >= 11 is 1.33. The Labute approximate surface area is 162 Å². The van der Waals surface area contributed by atoms with Gasteiger partial charge in [-0.1, -0.05) is 42.1 Å². The monoisotopic (exact) mass is 388 g/mol. The van der Waals surface area contributed by atoms with Crippen molar-refractivity contribution in [3.63, 3.8) is 0 Å².